The third-order valence-corrected chi connectivity index (χ3v) is 3.08. The first kappa shape index (κ1) is 10.6. The molecule has 0 spiro atoms. The van der Waals surface area contributed by atoms with E-state index in [0.29, 0.717) is 0 Å². The normalized spacial score (nSPS) is 18.5. The maximum Gasteiger partial charge on any atom is 0.145 e. The van der Waals surface area contributed by atoms with E-state index in [1.54, 1.807) is 12.3 Å². The summed E-state index contributed by atoms with van der Waals surface area (Å²) in [5.74, 6) is -0.0310. The molecule has 0 bridgehead atoms. The topological polar surface area (TPSA) is 34.1 Å². The van der Waals surface area contributed by atoms with Crippen molar-refractivity contribution in [3.05, 3.63) is 12.7 Å². The lowest BCUT2D eigenvalue weighted by Crippen LogP contribution is -2.28. The summed E-state index contributed by atoms with van der Waals surface area (Å²) in [6, 6.07) is 0. The van der Waals surface area contributed by atoms with E-state index in [0.717, 1.165) is 0 Å². The van der Waals surface area contributed by atoms with E-state index in [1.807, 2.05) is 6.92 Å². The summed E-state index contributed by atoms with van der Waals surface area (Å²) in [5, 5.41) is -0.382. The Morgan fingerprint density at radius 1 is 1.64 bits per heavy atom. The van der Waals surface area contributed by atoms with Crippen molar-refractivity contribution < 1.29 is 9.00 Å². The summed E-state index contributed by atoms with van der Waals surface area (Å²) in [5.41, 5.74) is 0. The van der Waals surface area contributed by atoms with Crippen LogP contribution < -0.4 is 0 Å². The summed E-state index contributed by atoms with van der Waals surface area (Å²) in [4.78, 5) is 10.9. The Kier molecular flexibility index (Phi) is 4.26. The molecule has 0 aromatic heterocycles. The Morgan fingerprint density at radius 2 is 2.09 bits per heavy atom. The van der Waals surface area contributed by atoms with E-state index in [9.17, 15) is 9.00 Å². The molecule has 0 aliphatic rings. The Bertz CT molecular complexity index is 173. The van der Waals surface area contributed by atoms with E-state index in [-0.39, 0.29) is 17.0 Å². The fourth-order valence-electron chi connectivity index (χ4n) is 1.03. The molecule has 3 unspecified atom stereocenters. The highest BCUT2D eigenvalue weighted by atomic mass is 32.2. The Hall–Kier alpha value is -0.440. The number of rotatable bonds is 4. The van der Waals surface area contributed by atoms with Gasteiger partial charge in [0.1, 0.15) is 5.78 Å². The lowest BCUT2D eigenvalue weighted by atomic mass is 10.1. The molecule has 0 aromatic carbocycles. The van der Waals surface area contributed by atoms with Gasteiger partial charge in [0.05, 0.1) is 5.25 Å². The van der Waals surface area contributed by atoms with Crippen molar-refractivity contribution in [2.75, 3.05) is 6.26 Å². The number of ketones is 1. The minimum absolute atomic E-state index is 0.00154. The van der Waals surface area contributed by atoms with Gasteiger partial charge in [-0.05, 0) is 12.8 Å². The zero-order valence-corrected chi connectivity index (χ0v) is 7.98. The van der Waals surface area contributed by atoms with E-state index < -0.39 is 10.8 Å². The van der Waals surface area contributed by atoms with Gasteiger partial charge in [-0.25, -0.2) is 0 Å². The first-order valence-electron chi connectivity index (χ1n) is 3.46. The fourth-order valence-corrected chi connectivity index (χ4v) is 2.21. The van der Waals surface area contributed by atoms with Gasteiger partial charge in [0.25, 0.3) is 0 Å². The van der Waals surface area contributed by atoms with Crippen LogP contribution in [0.2, 0.25) is 0 Å². The van der Waals surface area contributed by atoms with E-state index in [2.05, 4.69) is 6.58 Å². The second-order valence-corrected chi connectivity index (χ2v) is 4.13. The summed E-state index contributed by atoms with van der Waals surface area (Å²) < 4.78 is 11.0. The largest absolute Gasteiger partial charge is 0.299 e. The van der Waals surface area contributed by atoms with E-state index in [4.69, 9.17) is 0 Å². The van der Waals surface area contributed by atoms with Crippen molar-refractivity contribution in [3.63, 3.8) is 0 Å². The second kappa shape index (κ2) is 4.44. The highest BCUT2D eigenvalue weighted by Crippen LogP contribution is 2.10. The molecule has 11 heavy (non-hydrogen) atoms. The molecule has 0 aliphatic carbocycles. The number of allylic oxidation sites excluding steroid dienone is 1. The van der Waals surface area contributed by atoms with Crippen molar-refractivity contribution in [1.82, 2.24) is 0 Å². The van der Waals surface area contributed by atoms with Gasteiger partial charge >= 0.3 is 0 Å². The molecule has 0 aromatic rings. The Morgan fingerprint density at radius 3 is 2.18 bits per heavy atom. The average Bonchev–Trinajstić information content (AvgIpc) is 1.85. The van der Waals surface area contributed by atoms with Gasteiger partial charge in [-0.2, -0.15) is 0 Å². The second-order valence-electron chi connectivity index (χ2n) is 2.62. The van der Waals surface area contributed by atoms with Crippen LogP contribution in [-0.2, 0) is 15.6 Å². The van der Waals surface area contributed by atoms with Crippen LogP contribution in [0.4, 0.5) is 0 Å². The lowest BCUT2D eigenvalue weighted by Gasteiger charge is -2.14. The van der Waals surface area contributed by atoms with Crippen molar-refractivity contribution in [3.8, 4) is 0 Å². The van der Waals surface area contributed by atoms with Gasteiger partial charge in [-0.15, -0.1) is 6.58 Å². The first-order valence-corrected chi connectivity index (χ1v) is 5.08. The van der Waals surface area contributed by atoms with Gasteiger partial charge in [-0.3, -0.25) is 9.00 Å². The fraction of sp³-hybridized carbons (Fsp3) is 0.625. The smallest absolute Gasteiger partial charge is 0.145 e. The zero-order chi connectivity index (χ0) is 9.02. The highest BCUT2D eigenvalue weighted by molar-refractivity contribution is 7.85. The summed E-state index contributed by atoms with van der Waals surface area (Å²) in [6.07, 6.45) is 3.21. The van der Waals surface area contributed by atoms with Gasteiger partial charge < -0.3 is 0 Å². The van der Waals surface area contributed by atoms with Crippen LogP contribution in [0.1, 0.15) is 13.8 Å². The number of hydrogen-bond acceptors (Lipinski definition) is 2. The molecule has 0 radical (unpaired) electrons. The van der Waals surface area contributed by atoms with Gasteiger partial charge in [0.15, 0.2) is 0 Å². The van der Waals surface area contributed by atoms with Crippen LogP contribution in [0.25, 0.3) is 0 Å². The average molecular weight is 174 g/mol. The predicted octanol–water partition coefficient (Wildman–Crippen LogP) is 1.14. The van der Waals surface area contributed by atoms with Crippen LogP contribution >= 0.6 is 0 Å². The van der Waals surface area contributed by atoms with Crippen LogP contribution in [0.15, 0.2) is 12.7 Å². The quantitative estimate of drug-likeness (QED) is 0.599. The summed E-state index contributed by atoms with van der Waals surface area (Å²) in [7, 11) is -1.08. The molecule has 0 saturated heterocycles. The van der Waals surface area contributed by atoms with Crippen molar-refractivity contribution in [1.29, 1.82) is 0 Å². The molecule has 3 atom stereocenters. The number of Topliss-reactive ketones (excluding diaryl/α,β-unsaturated/α-hetero) is 1. The van der Waals surface area contributed by atoms with E-state index in [1.165, 1.54) is 6.92 Å². The number of hydrogen-bond donors (Lipinski definition) is 0. The van der Waals surface area contributed by atoms with Gasteiger partial charge in [0, 0.05) is 17.1 Å². The zero-order valence-electron chi connectivity index (χ0n) is 7.16. The Balaban J connectivity index is 4.46. The molecule has 0 fully saturated rings. The molecule has 3 heteroatoms. The minimum Gasteiger partial charge on any atom is -0.299 e. The van der Waals surface area contributed by atoms with Crippen molar-refractivity contribution in [2.45, 2.75) is 19.1 Å². The SMILES string of the molecule is C=CC(C)C(C(C)=O)S(C)=O. The highest BCUT2D eigenvalue weighted by Gasteiger charge is 2.22. The minimum atomic E-state index is -1.08. The maximum atomic E-state index is 11.0. The first-order chi connectivity index (χ1) is 5.00. The third-order valence-electron chi connectivity index (χ3n) is 1.61. The molecule has 2 nitrogen and oxygen atoms in total. The lowest BCUT2D eigenvalue weighted by molar-refractivity contribution is -0.117. The molecule has 0 N–H and O–H groups in total. The van der Waals surface area contributed by atoms with E-state index >= 15 is 0 Å². The van der Waals surface area contributed by atoms with Crippen molar-refractivity contribution >= 4 is 16.6 Å². The van der Waals surface area contributed by atoms with Crippen LogP contribution in [0.5, 0.6) is 0 Å². The molecule has 64 valence electrons. The third kappa shape index (κ3) is 2.97. The molecule has 0 amide bonds. The van der Waals surface area contributed by atoms with Crippen LogP contribution in [0, 0.1) is 5.92 Å². The van der Waals surface area contributed by atoms with Gasteiger partial charge in [0.2, 0.25) is 0 Å². The molecule has 0 heterocycles. The van der Waals surface area contributed by atoms with Crippen molar-refractivity contribution in [2.24, 2.45) is 5.92 Å². The van der Waals surface area contributed by atoms with Crippen LogP contribution in [-0.4, -0.2) is 21.5 Å². The molecular formula is C8H14O2S. The summed E-state index contributed by atoms with van der Waals surface area (Å²) >= 11 is 0. The standard InChI is InChI=1S/C8H14O2S/c1-5-6(2)8(7(3)9)11(4)10/h5-6,8H,1H2,2-4H3. The van der Waals surface area contributed by atoms with Crippen LogP contribution in [0.3, 0.4) is 0 Å². The summed E-state index contributed by atoms with van der Waals surface area (Å²) in [6.45, 7) is 6.87. The number of carbonyl (C=O) groups is 1. The molecule has 0 rings (SSSR count). The van der Waals surface area contributed by atoms with Gasteiger partial charge in [-0.1, -0.05) is 13.0 Å². The number of carbonyl (C=O) groups excluding carboxylic acids is 1. The molecule has 0 saturated carbocycles. The predicted molar refractivity (Wildman–Crippen MR) is 47.9 cm³/mol. The molecule has 0 aliphatic heterocycles. The maximum absolute atomic E-state index is 11.0. The monoisotopic (exact) mass is 174 g/mol. The molecular weight excluding hydrogens is 160 g/mol. The Labute approximate surface area is 70.1 Å².